The first-order chi connectivity index (χ1) is 17.7. The van der Waals surface area contributed by atoms with E-state index in [1.807, 2.05) is 0 Å². The number of carbonyl (C=O) groups is 4. The van der Waals surface area contributed by atoms with Gasteiger partial charge in [0, 0.05) is 24.2 Å². The van der Waals surface area contributed by atoms with Gasteiger partial charge in [-0.15, -0.1) is 0 Å². The van der Waals surface area contributed by atoms with Gasteiger partial charge in [0.05, 0.1) is 0 Å². The Kier molecular flexibility index (Phi) is 6.72. The molecule has 0 amide bonds. The van der Waals surface area contributed by atoms with Crippen LogP contribution in [0.15, 0.2) is 11.6 Å². The number of aliphatic carboxylic acids is 1. The third-order valence-corrected chi connectivity index (χ3v) is 10.5. The van der Waals surface area contributed by atoms with Gasteiger partial charge in [-0.25, -0.2) is 4.79 Å². The van der Waals surface area contributed by atoms with Crippen LogP contribution < -0.4 is 0 Å². The van der Waals surface area contributed by atoms with E-state index >= 15 is 0 Å². The molecule has 4 aliphatic carbocycles. The van der Waals surface area contributed by atoms with Gasteiger partial charge < -0.3 is 35.0 Å². The van der Waals surface area contributed by atoms with Crippen molar-refractivity contribution in [2.75, 3.05) is 6.61 Å². The average Bonchev–Trinajstić information content (AvgIpc) is 3.13. The van der Waals surface area contributed by atoms with Crippen molar-refractivity contribution in [3.8, 4) is 0 Å². The van der Waals surface area contributed by atoms with E-state index in [1.54, 1.807) is 13.0 Å². The summed E-state index contributed by atoms with van der Waals surface area (Å²) in [5, 5.41) is 51.0. The first-order valence-electron chi connectivity index (χ1n) is 13.3. The fourth-order valence-corrected chi connectivity index (χ4v) is 8.31. The number of Topliss-reactive ketones (excluding diaryl/α,β-unsaturated/α-hetero) is 2. The lowest BCUT2D eigenvalue weighted by molar-refractivity contribution is -0.293. The maximum Gasteiger partial charge on any atom is 0.335 e. The number of ether oxygens (including phenoxy) is 2. The van der Waals surface area contributed by atoms with Crippen molar-refractivity contribution in [2.24, 2.45) is 28.6 Å². The van der Waals surface area contributed by atoms with Crippen LogP contribution >= 0.6 is 0 Å². The van der Waals surface area contributed by atoms with Gasteiger partial charge in [0.15, 0.2) is 24.0 Å². The summed E-state index contributed by atoms with van der Waals surface area (Å²) in [7, 11) is 0. The first-order valence-corrected chi connectivity index (χ1v) is 13.3. The fraction of sp³-hybridized carbons (Fsp3) is 0.778. The number of hydrogen-bond donors (Lipinski definition) is 5. The molecule has 1 saturated heterocycles. The highest BCUT2D eigenvalue weighted by atomic mass is 16.7. The van der Waals surface area contributed by atoms with E-state index in [-0.39, 0.29) is 42.2 Å². The van der Waals surface area contributed by atoms with Gasteiger partial charge in [0.1, 0.15) is 36.3 Å². The van der Waals surface area contributed by atoms with Gasteiger partial charge >= 0.3 is 5.97 Å². The van der Waals surface area contributed by atoms with Crippen LogP contribution in [0, 0.1) is 28.6 Å². The summed E-state index contributed by atoms with van der Waals surface area (Å²) in [6, 6.07) is 0. The van der Waals surface area contributed by atoms with Crippen LogP contribution in [0.3, 0.4) is 0 Å². The van der Waals surface area contributed by atoms with Crippen LogP contribution in [0.4, 0.5) is 0 Å². The van der Waals surface area contributed by atoms with Crippen molar-refractivity contribution < 1.29 is 54.2 Å². The largest absolute Gasteiger partial charge is 0.479 e. The van der Waals surface area contributed by atoms with E-state index in [2.05, 4.69) is 6.92 Å². The predicted octanol–water partition coefficient (Wildman–Crippen LogP) is -0.0937. The second-order valence-corrected chi connectivity index (χ2v) is 12.3. The van der Waals surface area contributed by atoms with Gasteiger partial charge in [0.25, 0.3) is 0 Å². The molecule has 11 heteroatoms. The van der Waals surface area contributed by atoms with Crippen LogP contribution in [0.2, 0.25) is 0 Å². The maximum atomic E-state index is 13.7. The van der Waals surface area contributed by atoms with E-state index < -0.39 is 65.5 Å². The molecular weight excluding hydrogens is 500 g/mol. The number of ketones is 3. The van der Waals surface area contributed by atoms with E-state index in [9.17, 15) is 44.7 Å². The Morgan fingerprint density at radius 2 is 1.76 bits per heavy atom. The fourth-order valence-electron chi connectivity index (χ4n) is 8.31. The van der Waals surface area contributed by atoms with Crippen LogP contribution in [-0.2, 0) is 28.7 Å². The molecule has 0 radical (unpaired) electrons. The molecule has 1 heterocycles. The highest BCUT2D eigenvalue weighted by molar-refractivity contribution is 5.94. The lowest BCUT2D eigenvalue weighted by Crippen LogP contribution is -2.62. The average molecular weight is 537 g/mol. The topological polar surface area (TPSA) is 188 Å². The summed E-state index contributed by atoms with van der Waals surface area (Å²) < 4.78 is 10.4. The molecule has 38 heavy (non-hydrogen) atoms. The molecule has 3 saturated carbocycles. The van der Waals surface area contributed by atoms with Crippen molar-refractivity contribution in [3.05, 3.63) is 11.6 Å². The summed E-state index contributed by atoms with van der Waals surface area (Å²) in [6.07, 6.45) is -4.39. The SMILES string of the molecule is C[C@]12CCC(=O)C=C1CC[C@H]1[C@H]2C(=O)C[C@@]2(C)[C@@H]1CC[C@@]2(O)C(=O)CO[C@H]1O[C@@H](C(=O)O)[C@H](O)[C@H](O)[C@H]1O. The molecule has 0 aromatic heterocycles. The summed E-state index contributed by atoms with van der Waals surface area (Å²) >= 11 is 0. The van der Waals surface area contributed by atoms with Gasteiger partial charge in [-0.05, 0) is 55.4 Å². The van der Waals surface area contributed by atoms with E-state index in [1.165, 1.54) is 0 Å². The molecule has 5 N–H and O–H groups in total. The Morgan fingerprint density at radius 3 is 2.45 bits per heavy atom. The Hall–Kier alpha value is -2.02. The Labute approximate surface area is 219 Å². The van der Waals surface area contributed by atoms with Crippen molar-refractivity contribution in [2.45, 2.75) is 95.1 Å². The number of aliphatic hydroxyl groups is 4. The molecule has 0 spiro atoms. The molecule has 0 aromatic carbocycles. The molecule has 4 fully saturated rings. The highest BCUT2D eigenvalue weighted by Gasteiger charge is 2.68. The lowest BCUT2D eigenvalue weighted by Gasteiger charge is -2.57. The summed E-state index contributed by atoms with van der Waals surface area (Å²) in [5.74, 6) is -2.62. The van der Waals surface area contributed by atoms with Crippen LogP contribution in [-0.4, -0.2) is 91.8 Å². The Bertz CT molecular complexity index is 1080. The highest BCUT2D eigenvalue weighted by Crippen LogP contribution is 2.66. The normalized spacial score (nSPS) is 48.5. The molecule has 0 bridgehead atoms. The smallest absolute Gasteiger partial charge is 0.335 e. The molecule has 11 atom stereocenters. The number of carboxylic acids is 1. The number of carbonyl (C=O) groups excluding carboxylic acids is 3. The van der Waals surface area contributed by atoms with E-state index in [0.717, 1.165) is 5.57 Å². The van der Waals surface area contributed by atoms with E-state index in [4.69, 9.17) is 9.47 Å². The zero-order chi connectivity index (χ0) is 27.8. The van der Waals surface area contributed by atoms with Crippen LogP contribution in [0.1, 0.15) is 58.8 Å². The summed E-state index contributed by atoms with van der Waals surface area (Å²) in [5.41, 5.74) is -2.30. The second kappa shape index (κ2) is 9.28. The van der Waals surface area contributed by atoms with Crippen molar-refractivity contribution in [1.82, 2.24) is 0 Å². The standard InChI is InChI=1S/C27H36O11/c1-25-7-5-13(28)9-12(25)3-4-14-15-6-8-27(36,26(15,2)10-16(29)18(14)25)17(30)11-37-24-21(33)19(31)20(32)22(38-24)23(34)35/h9,14-15,18-22,24,31-33,36H,3-8,10-11H2,1-2H3,(H,34,35)/t14-,15-,18+,19+,20-,21-,22-,24+,25+,26+,27-/m1/s1. The van der Waals surface area contributed by atoms with E-state index in [0.29, 0.717) is 32.1 Å². The first kappa shape index (κ1) is 27.5. The Balaban J connectivity index is 1.34. The molecule has 5 aliphatic rings. The second-order valence-electron chi connectivity index (χ2n) is 12.3. The van der Waals surface area contributed by atoms with Gasteiger partial charge in [0.2, 0.25) is 0 Å². The van der Waals surface area contributed by atoms with Crippen molar-refractivity contribution in [1.29, 1.82) is 0 Å². The molecule has 1 aliphatic heterocycles. The quantitative estimate of drug-likeness (QED) is 0.316. The molecule has 210 valence electrons. The van der Waals surface area contributed by atoms with Gasteiger partial charge in [-0.2, -0.15) is 0 Å². The minimum atomic E-state index is -1.90. The van der Waals surface area contributed by atoms with Crippen LogP contribution in [0.25, 0.3) is 0 Å². The summed E-state index contributed by atoms with van der Waals surface area (Å²) in [4.78, 5) is 50.5. The number of rotatable bonds is 5. The number of hydrogen-bond acceptors (Lipinski definition) is 10. The van der Waals surface area contributed by atoms with Gasteiger partial charge in [-0.1, -0.05) is 19.4 Å². The number of carboxylic acid groups (broad SMARTS) is 1. The minimum Gasteiger partial charge on any atom is -0.479 e. The number of aliphatic hydroxyl groups excluding tert-OH is 3. The molecule has 0 aromatic rings. The van der Waals surface area contributed by atoms with Gasteiger partial charge in [-0.3, -0.25) is 14.4 Å². The lowest BCUT2D eigenvalue weighted by atomic mass is 9.46. The molecule has 11 nitrogen and oxygen atoms in total. The molecular formula is C27H36O11. The van der Waals surface area contributed by atoms with Crippen molar-refractivity contribution in [3.63, 3.8) is 0 Å². The maximum absolute atomic E-state index is 13.7. The Morgan fingerprint density at radius 1 is 1.05 bits per heavy atom. The number of fused-ring (bicyclic) bond motifs is 5. The summed E-state index contributed by atoms with van der Waals surface area (Å²) in [6.45, 7) is 3.08. The molecule has 5 rings (SSSR count). The third kappa shape index (κ3) is 3.85. The monoisotopic (exact) mass is 536 g/mol. The third-order valence-electron chi connectivity index (χ3n) is 10.5. The number of allylic oxidation sites excluding steroid dienone is 1. The van der Waals surface area contributed by atoms with Crippen molar-refractivity contribution >= 4 is 23.3 Å². The molecule has 0 unspecified atom stereocenters. The zero-order valence-corrected chi connectivity index (χ0v) is 21.5. The zero-order valence-electron chi connectivity index (χ0n) is 21.5. The predicted molar refractivity (Wildman–Crippen MR) is 127 cm³/mol. The minimum absolute atomic E-state index is 0.00639. The van der Waals surface area contributed by atoms with Crippen LogP contribution in [0.5, 0.6) is 0 Å².